The third kappa shape index (κ3) is 5.64. The molecule has 7 nitrogen and oxygen atoms in total. The van der Waals surface area contributed by atoms with Crippen molar-refractivity contribution in [2.45, 2.75) is 18.4 Å². The van der Waals surface area contributed by atoms with E-state index in [1.165, 1.54) is 33.8 Å². The largest absolute Gasteiger partial charge is 0.497 e. The maximum atomic E-state index is 13.8. The van der Waals surface area contributed by atoms with Crippen molar-refractivity contribution in [3.8, 4) is 5.75 Å². The zero-order valence-electron chi connectivity index (χ0n) is 18.9. The molecule has 0 radical (unpaired) electrons. The lowest BCUT2D eigenvalue weighted by Gasteiger charge is -2.25. The van der Waals surface area contributed by atoms with Crippen molar-refractivity contribution in [3.63, 3.8) is 0 Å². The summed E-state index contributed by atoms with van der Waals surface area (Å²) in [4.78, 5) is 17.0. The number of thiazole rings is 1. The van der Waals surface area contributed by atoms with E-state index in [9.17, 15) is 13.2 Å². The van der Waals surface area contributed by atoms with Crippen LogP contribution in [0.1, 0.15) is 21.6 Å². The summed E-state index contributed by atoms with van der Waals surface area (Å²) >= 11 is 7.54. The number of methoxy groups -OCH3 is 1. The molecule has 0 aliphatic rings. The number of benzene rings is 3. The standard InChI is InChI=1S/C25H22ClN3O4S2/c1-17-16-34-25(27-17)28-24(30)22-14-21(12-13-23(22)26)35(31,32)29(15-18-6-4-3-5-7-18)19-8-10-20(33-2)11-9-19/h3-14,16H,15H2,1-2H3,(H,27,28,30). The van der Waals surface area contributed by atoms with E-state index in [-0.39, 0.29) is 22.0 Å². The number of aromatic nitrogens is 1. The van der Waals surface area contributed by atoms with Crippen LogP contribution in [0.25, 0.3) is 0 Å². The van der Waals surface area contributed by atoms with Crippen molar-refractivity contribution in [1.82, 2.24) is 4.98 Å². The fourth-order valence-electron chi connectivity index (χ4n) is 3.35. The number of hydrogen-bond donors (Lipinski definition) is 1. The second-order valence-corrected chi connectivity index (χ2v) is 10.7. The molecule has 0 bridgehead atoms. The molecule has 4 rings (SSSR count). The highest BCUT2D eigenvalue weighted by Crippen LogP contribution is 2.30. The highest BCUT2D eigenvalue weighted by molar-refractivity contribution is 7.92. The first-order valence-electron chi connectivity index (χ1n) is 10.5. The minimum atomic E-state index is -4.07. The highest BCUT2D eigenvalue weighted by atomic mass is 35.5. The molecule has 0 fully saturated rings. The van der Waals surface area contributed by atoms with Gasteiger partial charge in [-0.1, -0.05) is 41.9 Å². The first-order chi connectivity index (χ1) is 16.8. The van der Waals surface area contributed by atoms with Gasteiger partial charge in [0.2, 0.25) is 0 Å². The van der Waals surface area contributed by atoms with Gasteiger partial charge in [-0.05, 0) is 55.0 Å². The van der Waals surface area contributed by atoms with E-state index in [2.05, 4.69) is 10.3 Å². The van der Waals surface area contributed by atoms with E-state index in [1.54, 1.807) is 36.8 Å². The first kappa shape index (κ1) is 24.7. The number of hydrogen-bond acceptors (Lipinski definition) is 6. The van der Waals surface area contributed by atoms with Crippen LogP contribution in [0.15, 0.2) is 83.1 Å². The van der Waals surface area contributed by atoms with Crippen LogP contribution in [0.5, 0.6) is 5.75 Å². The fraction of sp³-hybridized carbons (Fsp3) is 0.120. The first-order valence-corrected chi connectivity index (χ1v) is 13.2. The molecule has 180 valence electrons. The van der Waals surface area contributed by atoms with Crippen LogP contribution >= 0.6 is 22.9 Å². The van der Waals surface area contributed by atoms with Crippen LogP contribution in [-0.4, -0.2) is 26.4 Å². The van der Waals surface area contributed by atoms with E-state index >= 15 is 0 Å². The van der Waals surface area contributed by atoms with E-state index in [4.69, 9.17) is 16.3 Å². The summed E-state index contributed by atoms with van der Waals surface area (Å²) in [6, 6.07) is 20.1. The number of amides is 1. The number of aryl methyl sites for hydroxylation is 1. The second kappa shape index (κ2) is 10.5. The van der Waals surface area contributed by atoms with Crippen LogP contribution in [-0.2, 0) is 16.6 Å². The third-order valence-electron chi connectivity index (χ3n) is 5.14. The summed E-state index contributed by atoms with van der Waals surface area (Å²) in [6.07, 6.45) is 0. The van der Waals surface area contributed by atoms with Gasteiger partial charge >= 0.3 is 0 Å². The van der Waals surface area contributed by atoms with Gasteiger partial charge in [-0.3, -0.25) is 14.4 Å². The van der Waals surface area contributed by atoms with Gasteiger partial charge in [0.15, 0.2) is 5.13 Å². The molecule has 1 heterocycles. The molecule has 3 aromatic carbocycles. The molecule has 1 N–H and O–H groups in total. The predicted molar refractivity (Wildman–Crippen MR) is 139 cm³/mol. The Morgan fingerprint density at radius 3 is 2.43 bits per heavy atom. The minimum Gasteiger partial charge on any atom is -0.497 e. The van der Waals surface area contributed by atoms with Crippen molar-refractivity contribution in [2.75, 3.05) is 16.7 Å². The Bertz CT molecular complexity index is 1440. The maximum Gasteiger partial charge on any atom is 0.264 e. The number of rotatable bonds is 8. The molecule has 0 aliphatic carbocycles. The molecule has 1 amide bonds. The highest BCUT2D eigenvalue weighted by Gasteiger charge is 2.27. The molecule has 0 atom stereocenters. The predicted octanol–water partition coefficient (Wildman–Crippen LogP) is 5.76. The maximum absolute atomic E-state index is 13.8. The quantitative estimate of drug-likeness (QED) is 0.314. The number of sulfonamides is 1. The van der Waals surface area contributed by atoms with Crippen LogP contribution in [0.2, 0.25) is 5.02 Å². The number of carbonyl (C=O) groups excluding carboxylic acids is 1. The number of nitrogens with zero attached hydrogens (tertiary/aromatic N) is 2. The van der Waals surface area contributed by atoms with Crippen molar-refractivity contribution in [2.24, 2.45) is 0 Å². The van der Waals surface area contributed by atoms with Crippen LogP contribution in [0.4, 0.5) is 10.8 Å². The smallest absolute Gasteiger partial charge is 0.264 e. The molecular formula is C25H22ClN3O4S2. The lowest BCUT2D eigenvalue weighted by molar-refractivity contribution is 0.102. The zero-order valence-corrected chi connectivity index (χ0v) is 21.3. The molecule has 4 aromatic rings. The molecule has 0 unspecified atom stereocenters. The van der Waals surface area contributed by atoms with Gasteiger partial charge in [0, 0.05) is 5.38 Å². The lowest BCUT2D eigenvalue weighted by atomic mass is 10.2. The topological polar surface area (TPSA) is 88.6 Å². The Balaban J connectivity index is 1.73. The van der Waals surface area contributed by atoms with Gasteiger partial charge in [-0.2, -0.15) is 0 Å². The summed E-state index contributed by atoms with van der Waals surface area (Å²) in [5, 5.41) is 5.01. The van der Waals surface area contributed by atoms with Gasteiger partial charge in [0.05, 0.1) is 40.5 Å². The van der Waals surface area contributed by atoms with E-state index in [0.717, 1.165) is 11.3 Å². The Morgan fingerprint density at radius 2 is 1.80 bits per heavy atom. The lowest BCUT2D eigenvalue weighted by Crippen LogP contribution is -2.30. The number of halogens is 1. The minimum absolute atomic E-state index is 0.0370. The molecule has 1 aromatic heterocycles. The van der Waals surface area contributed by atoms with Crippen molar-refractivity contribution in [1.29, 1.82) is 0 Å². The van der Waals surface area contributed by atoms with Gasteiger partial charge in [-0.15, -0.1) is 11.3 Å². The van der Waals surface area contributed by atoms with Crippen LogP contribution in [0.3, 0.4) is 0 Å². The fourth-order valence-corrected chi connectivity index (χ4v) is 5.72. The average molecular weight is 528 g/mol. The second-order valence-electron chi connectivity index (χ2n) is 7.59. The zero-order chi connectivity index (χ0) is 25.0. The SMILES string of the molecule is COc1ccc(N(Cc2ccccc2)S(=O)(=O)c2ccc(Cl)c(C(=O)Nc3nc(C)cs3)c2)cc1. The Kier molecular flexibility index (Phi) is 7.39. The molecule has 35 heavy (non-hydrogen) atoms. The molecule has 0 aliphatic heterocycles. The van der Waals surface area contributed by atoms with Gasteiger partial charge in [-0.25, -0.2) is 13.4 Å². The number of anilines is 2. The Morgan fingerprint density at radius 1 is 1.09 bits per heavy atom. The molecule has 0 spiro atoms. The molecular weight excluding hydrogens is 506 g/mol. The Hall–Kier alpha value is -3.40. The molecule has 10 heteroatoms. The van der Waals surface area contributed by atoms with E-state index < -0.39 is 15.9 Å². The Labute approximate surface area is 213 Å². The summed E-state index contributed by atoms with van der Waals surface area (Å²) in [6.45, 7) is 1.91. The van der Waals surface area contributed by atoms with Crippen LogP contribution < -0.4 is 14.4 Å². The van der Waals surface area contributed by atoms with Crippen molar-refractivity contribution >= 4 is 49.7 Å². The monoisotopic (exact) mass is 527 g/mol. The number of nitrogens with one attached hydrogen (secondary N) is 1. The summed E-state index contributed by atoms with van der Waals surface area (Å²) in [5.74, 6) is 0.0640. The van der Waals surface area contributed by atoms with Gasteiger partial charge in [0.25, 0.3) is 15.9 Å². The van der Waals surface area contributed by atoms with Gasteiger partial charge in [0.1, 0.15) is 5.75 Å². The average Bonchev–Trinajstić information content (AvgIpc) is 3.27. The summed E-state index contributed by atoms with van der Waals surface area (Å²) in [5.41, 5.74) is 2.06. The molecule has 0 saturated carbocycles. The normalized spacial score (nSPS) is 11.2. The number of ether oxygens (including phenoxy) is 1. The van der Waals surface area contributed by atoms with Gasteiger partial charge < -0.3 is 4.74 Å². The van der Waals surface area contributed by atoms with Crippen molar-refractivity contribution in [3.05, 3.63) is 100 Å². The third-order valence-corrected chi connectivity index (χ3v) is 8.11. The van der Waals surface area contributed by atoms with Crippen LogP contribution in [0, 0.1) is 6.92 Å². The van der Waals surface area contributed by atoms with E-state index in [0.29, 0.717) is 16.6 Å². The summed E-state index contributed by atoms with van der Waals surface area (Å²) in [7, 11) is -2.53. The van der Waals surface area contributed by atoms with E-state index in [1.807, 2.05) is 37.3 Å². The number of carbonyl (C=O) groups is 1. The summed E-state index contributed by atoms with van der Waals surface area (Å²) < 4.78 is 34.2. The van der Waals surface area contributed by atoms with Crippen molar-refractivity contribution < 1.29 is 17.9 Å². The molecule has 0 saturated heterocycles.